The normalized spacial score (nSPS) is 14.3. The van der Waals surface area contributed by atoms with Gasteiger partial charge in [0.2, 0.25) is 0 Å². The van der Waals surface area contributed by atoms with Gasteiger partial charge in [-0.2, -0.15) is 0 Å². The molecule has 0 saturated carbocycles. The lowest BCUT2D eigenvalue weighted by molar-refractivity contribution is -0.133. The summed E-state index contributed by atoms with van der Waals surface area (Å²) in [6.45, 7) is 6.95. The van der Waals surface area contributed by atoms with Crippen molar-refractivity contribution in [2.24, 2.45) is 0 Å². The second kappa shape index (κ2) is 8.47. The fourth-order valence-corrected chi connectivity index (χ4v) is 3.71. The van der Waals surface area contributed by atoms with Crippen LogP contribution in [0, 0.1) is 6.92 Å². The predicted molar refractivity (Wildman–Crippen MR) is 114 cm³/mol. The second-order valence-electron chi connectivity index (χ2n) is 7.24. The Bertz CT molecular complexity index is 1010. The molecule has 150 valence electrons. The summed E-state index contributed by atoms with van der Waals surface area (Å²) in [7, 11) is 0. The van der Waals surface area contributed by atoms with E-state index in [1.54, 1.807) is 0 Å². The summed E-state index contributed by atoms with van der Waals surface area (Å²) in [6.07, 6.45) is 0.884. The second-order valence-corrected chi connectivity index (χ2v) is 7.24. The van der Waals surface area contributed by atoms with Crippen LogP contribution < -0.4 is 9.64 Å². The van der Waals surface area contributed by atoms with Crippen molar-refractivity contribution in [3.05, 3.63) is 59.8 Å². The molecule has 4 rings (SSSR count). The Morgan fingerprint density at radius 1 is 0.966 bits per heavy atom. The Morgan fingerprint density at radius 2 is 1.62 bits per heavy atom. The largest absolute Gasteiger partial charge is 0.483 e. The smallest absolute Gasteiger partial charge is 0.260 e. The van der Waals surface area contributed by atoms with Crippen LogP contribution in [0.15, 0.2) is 48.5 Å². The number of anilines is 1. The van der Waals surface area contributed by atoms with Gasteiger partial charge in [0.25, 0.3) is 5.91 Å². The molecular formula is C23H26N4O2. The van der Waals surface area contributed by atoms with Crippen LogP contribution in [-0.2, 0) is 11.2 Å². The summed E-state index contributed by atoms with van der Waals surface area (Å²) in [5.41, 5.74) is 3.85. The minimum atomic E-state index is 0.0249. The summed E-state index contributed by atoms with van der Waals surface area (Å²) >= 11 is 0. The third-order valence-corrected chi connectivity index (χ3v) is 5.36. The van der Waals surface area contributed by atoms with Gasteiger partial charge in [-0.25, -0.2) is 9.97 Å². The standard InChI is InChI=1S/C23H26N4O2/c1-3-18-8-4-7-11-21(18)29-16-22(28)26-12-14-27(15-13-26)23-17(2)24-19-9-5-6-10-20(19)25-23/h4-11H,3,12-16H2,1-2H3. The molecule has 1 aromatic heterocycles. The van der Waals surface area contributed by atoms with Crippen molar-refractivity contribution in [1.82, 2.24) is 14.9 Å². The number of hydrogen-bond acceptors (Lipinski definition) is 5. The van der Waals surface area contributed by atoms with Crippen molar-refractivity contribution in [2.45, 2.75) is 20.3 Å². The lowest BCUT2D eigenvalue weighted by atomic mass is 10.1. The number of para-hydroxylation sites is 3. The number of hydrogen-bond donors (Lipinski definition) is 0. The third kappa shape index (κ3) is 4.16. The monoisotopic (exact) mass is 390 g/mol. The number of fused-ring (bicyclic) bond motifs is 1. The van der Waals surface area contributed by atoms with Gasteiger partial charge in [-0.05, 0) is 37.1 Å². The molecule has 0 radical (unpaired) electrons. The molecule has 1 fully saturated rings. The van der Waals surface area contributed by atoms with Crippen molar-refractivity contribution < 1.29 is 9.53 Å². The Hall–Kier alpha value is -3.15. The quantitative estimate of drug-likeness (QED) is 0.669. The minimum absolute atomic E-state index is 0.0249. The van der Waals surface area contributed by atoms with Crippen molar-refractivity contribution in [3.8, 4) is 5.75 Å². The summed E-state index contributed by atoms with van der Waals surface area (Å²) in [4.78, 5) is 26.2. The molecule has 1 saturated heterocycles. The zero-order valence-electron chi connectivity index (χ0n) is 17.0. The van der Waals surface area contributed by atoms with Gasteiger partial charge in [-0.3, -0.25) is 4.79 Å². The number of aromatic nitrogens is 2. The SMILES string of the molecule is CCc1ccccc1OCC(=O)N1CCN(c2nc3ccccc3nc2C)CC1. The fourth-order valence-electron chi connectivity index (χ4n) is 3.71. The van der Waals surface area contributed by atoms with Crippen molar-refractivity contribution >= 4 is 22.8 Å². The molecule has 2 heterocycles. The number of nitrogens with zero attached hydrogens (tertiary/aromatic N) is 4. The van der Waals surface area contributed by atoms with Crippen LogP contribution in [0.1, 0.15) is 18.2 Å². The first-order valence-electron chi connectivity index (χ1n) is 10.1. The van der Waals surface area contributed by atoms with Gasteiger partial charge in [-0.15, -0.1) is 0 Å². The number of amides is 1. The molecule has 0 aliphatic carbocycles. The first-order valence-corrected chi connectivity index (χ1v) is 10.1. The number of piperazine rings is 1. The van der Waals surface area contributed by atoms with Crippen LogP contribution in [-0.4, -0.2) is 53.6 Å². The minimum Gasteiger partial charge on any atom is -0.483 e. The van der Waals surface area contributed by atoms with Crippen molar-refractivity contribution in [2.75, 3.05) is 37.7 Å². The number of benzene rings is 2. The molecule has 0 unspecified atom stereocenters. The average Bonchev–Trinajstić information content (AvgIpc) is 2.77. The zero-order valence-corrected chi connectivity index (χ0v) is 17.0. The Labute approximate surface area is 171 Å². The topological polar surface area (TPSA) is 58.6 Å². The van der Waals surface area contributed by atoms with Crippen LogP contribution in [0.3, 0.4) is 0 Å². The van der Waals surface area contributed by atoms with Gasteiger partial charge >= 0.3 is 0 Å². The number of carbonyl (C=O) groups is 1. The third-order valence-electron chi connectivity index (χ3n) is 5.36. The van der Waals surface area contributed by atoms with Gasteiger partial charge < -0.3 is 14.5 Å². The maximum absolute atomic E-state index is 12.6. The molecule has 0 bridgehead atoms. The number of carbonyl (C=O) groups excluding carboxylic acids is 1. The van der Waals surface area contributed by atoms with E-state index < -0.39 is 0 Å². The molecule has 29 heavy (non-hydrogen) atoms. The summed E-state index contributed by atoms with van der Waals surface area (Å²) in [5.74, 6) is 1.73. The first kappa shape index (κ1) is 19.2. The molecule has 1 aliphatic heterocycles. The van der Waals surface area contributed by atoms with E-state index in [9.17, 15) is 4.79 Å². The molecule has 1 aliphatic rings. The van der Waals surface area contributed by atoms with Crippen LogP contribution in [0.5, 0.6) is 5.75 Å². The highest BCUT2D eigenvalue weighted by atomic mass is 16.5. The molecule has 0 atom stereocenters. The molecule has 1 amide bonds. The van der Waals surface area contributed by atoms with E-state index in [2.05, 4.69) is 16.8 Å². The maximum Gasteiger partial charge on any atom is 0.260 e. The molecule has 6 nitrogen and oxygen atoms in total. The first-order chi connectivity index (χ1) is 14.2. The highest BCUT2D eigenvalue weighted by Gasteiger charge is 2.24. The predicted octanol–water partition coefficient (Wildman–Crippen LogP) is 3.23. The average molecular weight is 390 g/mol. The zero-order chi connectivity index (χ0) is 20.2. The van der Waals surface area contributed by atoms with Crippen LogP contribution >= 0.6 is 0 Å². The maximum atomic E-state index is 12.6. The van der Waals surface area contributed by atoms with Gasteiger partial charge in [0.15, 0.2) is 12.4 Å². The van der Waals surface area contributed by atoms with Crippen LogP contribution in [0.2, 0.25) is 0 Å². The van der Waals surface area contributed by atoms with E-state index in [4.69, 9.17) is 9.72 Å². The molecule has 6 heteroatoms. The fraction of sp³-hybridized carbons (Fsp3) is 0.348. The van der Waals surface area contributed by atoms with Crippen LogP contribution in [0.25, 0.3) is 11.0 Å². The lowest BCUT2D eigenvalue weighted by Crippen LogP contribution is -2.50. The van der Waals surface area contributed by atoms with Crippen molar-refractivity contribution in [1.29, 1.82) is 0 Å². The Kier molecular flexibility index (Phi) is 5.60. The molecule has 0 spiro atoms. The van der Waals surface area contributed by atoms with Gasteiger partial charge in [-0.1, -0.05) is 37.3 Å². The highest BCUT2D eigenvalue weighted by molar-refractivity contribution is 5.78. The number of rotatable bonds is 5. The van der Waals surface area contributed by atoms with E-state index >= 15 is 0 Å². The molecular weight excluding hydrogens is 364 g/mol. The summed E-state index contributed by atoms with van der Waals surface area (Å²) < 4.78 is 5.79. The van der Waals surface area contributed by atoms with Gasteiger partial charge in [0, 0.05) is 26.2 Å². The summed E-state index contributed by atoms with van der Waals surface area (Å²) in [5, 5.41) is 0. The van der Waals surface area contributed by atoms with E-state index in [0.29, 0.717) is 13.1 Å². The highest BCUT2D eigenvalue weighted by Crippen LogP contribution is 2.22. The van der Waals surface area contributed by atoms with E-state index in [1.165, 1.54) is 0 Å². The van der Waals surface area contributed by atoms with Crippen LogP contribution in [0.4, 0.5) is 5.82 Å². The Balaban J connectivity index is 1.37. The Morgan fingerprint density at radius 3 is 2.34 bits per heavy atom. The van der Waals surface area contributed by atoms with E-state index in [-0.39, 0.29) is 12.5 Å². The summed E-state index contributed by atoms with van der Waals surface area (Å²) in [6, 6.07) is 15.8. The van der Waals surface area contributed by atoms with Gasteiger partial charge in [0.05, 0.1) is 16.7 Å². The van der Waals surface area contributed by atoms with E-state index in [0.717, 1.165) is 53.4 Å². The number of ether oxygens (including phenoxy) is 1. The van der Waals surface area contributed by atoms with Gasteiger partial charge in [0.1, 0.15) is 5.75 Å². The molecule has 0 N–H and O–H groups in total. The molecule has 2 aromatic carbocycles. The number of aryl methyl sites for hydroxylation is 2. The molecule has 3 aromatic rings. The lowest BCUT2D eigenvalue weighted by Gasteiger charge is -2.35. The van der Waals surface area contributed by atoms with E-state index in [1.807, 2.05) is 60.4 Å². The van der Waals surface area contributed by atoms with Crippen molar-refractivity contribution in [3.63, 3.8) is 0 Å².